The number of ether oxygens (including phenoxy) is 1. The molecule has 0 aromatic heterocycles. The molecule has 0 aliphatic heterocycles. The second kappa shape index (κ2) is 4.44. The van der Waals surface area contributed by atoms with Gasteiger partial charge < -0.3 is 16.2 Å². The van der Waals surface area contributed by atoms with Gasteiger partial charge in [-0.15, -0.1) is 0 Å². The number of benzene rings is 1. The van der Waals surface area contributed by atoms with Crippen molar-refractivity contribution in [2.24, 2.45) is 11.5 Å². The van der Waals surface area contributed by atoms with Gasteiger partial charge in [-0.1, -0.05) is 12.1 Å². The van der Waals surface area contributed by atoms with Crippen molar-refractivity contribution in [2.45, 2.75) is 19.9 Å². The SMILES string of the molecule is COc1c(C)cc([C@@H](N)CN)cc1C. The molecule has 0 spiro atoms. The van der Waals surface area contributed by atoms with Crippen LogP contribution in [0.15, 0.2) is 12.1 Å². The molecular weight excluding hydrogens is 176 g/mol. The van der Waals surface area contributed by atoms with Gasteiger partial charge in [0.15, 0.2) is 0 Å². The molecule has 0 bridgehead atoms. The van der Waals surface area contributed by atoms with E-state index in [4.69, 9.17) is 16.2 Å². The Hall–Kier alpha value is -1.06. The van der Waals surface area contributed by atoms with Crippen LogP contribution < -0.4 is 16.2 Å². The van der Waals surface area contributed by atoms with E-state index in [9.17, 15) is 0 Å². The van der Waals surface area contributed by atoms with Crippen molar-refractivity contribution in [1.29, 1.82) is 0 Å². The number of hydrogen-bond acceptors (Lipinski definition) is 3. The summed E-state index contributed by atoms with van der Waals surface area (Å²) in [6.07, 6.45) is 0. The first-order valence-corrected chi connectivity index (χ1v) is 4.71. The molecule has 0 saturated carbocycles. The van der Waals surface area contributed by atoms with Gasteiger partial charge in [-0.2, -0.15) is 0 Å². The highest BCUT2D eigenvalue weighted by Gasteiger charge is 2.09. The zero-order chi connectivity index (χ0) is 10.7. The van der Waals surface area contributed by atoms with Crippen molar-refractivity contribution in [3.05, 3.63) is 28.8 Å². The Balaban J connectivity index is 3.13. The number of methoxy groups -OCH3 is 1. The topological polar surface area (TPSA) is 61.3 Å². The predicted octanol–water partition coefficient (Wildman–Crippen LogP) is 1.27. The minimum Gasteiger partial charge on any atom is -0.496 e. The van der Waals surface area contributed by atoms with Crippen LogP contribution in [-0.4, -0.2) is 13.7 Å². The van der Waals surface area contributed by atoms with E-state index in [0.29, 0.717) is 6.54 Å². The molecule has 4 N–H and O–H groups in total. The average Bonchev–Trinajstić information content (AvgIpc) is 2.16. The van der Waals surface area contributed by atoms with Crippen LogP contribution in [0.2, 0.25) is 0 Å². The van der Waals surface area contributed by atoms with E-state index in [1.807, 2.05) is 26.0 Å². The minimum absolute atomic E-state index is 0.0849. The van der Waals surface area contributed by atoms with E-state index in [0.717, 1.165) is 22.4 Å². The maximum Gasteiger partial charge on any atom is 0.124 e. The lowest BCUT2D eigenvalue weighted by Crippen LogP contribution is -2.21. The summed E-state index contributed by atoms with van der Waals surface area (Å²) >= 11 is 0. The molecule has 0 fully saturated rings. The van der Waals surface area contributed by atoms with Crippen LogP contribution in [0.3, 0.4) is 0 Å². The molecule has 0 amide bonds. The van der Waals surface area contributed by atoms with Crippen LogP contribution in [0.25, 0.3) is 0 Å². The smallest absolute Gasteiger partial charge is 0.124 e. The highest BCUT2D eigenvalue weighted by Crippen LogP contribution is 2.26. The van der Waals surface area contributed by atoms with E-state index in [2.05, 4.69) is 0 Å². The van der Waals surface area contributed by atoms with E-state index in [1.165, 1.54) is 0 Å². The second-order valence-electron chi connectivity index (χ2n) is 3.53. The Labute approximate surface area is 85.0 Å². The fourth-order valence-corrected chi connectivity index (χ4v) is 1.66. The molecule has 0 aliphatic carbocycles. The number of rotatable bonds is 3. The lowest BCUT2D eigenvalue weighted by Gasteiger charge is -2.14. The molecule has 78 valence electrons. The highest BCUT2D eigenvalue weighted by molar-refractivity contribution is 5.44. The summed E-state index contributed by atoms with van der Waals surface area (Å²) in [5.74, 6) is 0.929. The average molecular weight is 194 g/mol. The predicted molar refractivity (Wildman–Crippen MR) is 58.5 cm³/mol. The quantitative estimate of drug-likeness (QED) is 0.761. The van der Waals surface area contributed by atoms with E-state index >= 15 is 0 Å². The first kappa shape index (κ1) is 11.0. The Morgan fingerprint density at radius 2 is 1.79 bits per heavy atom. The van der Waals surface area contributed by atoms with E-state index in [-0.39, 0.29) is 6.04 Å². The minimum atomic E-state index is -0.0849. The van der Waals surface area contributed by atoms with Gasteiger partial charge in [0.25, 0.3) is 0 Å². The molecule has 0 unspecified atom stereocenters. The summed E-state index contributed by atoms with van der Waals surface area (Å²) in [5, 5.41) is 0. The Bertz CT molecular complexity index is 300. The summed E-state index contributed by atoms with van der Waals surface area (Å²) in [5.41, 5.74) is 14.7. The van der Waals surface area contributed by atoms with E-state index in [1.54, 1.807) is 7.11 Å². The van der Waals surface area contributed by atoms with Crippen LogP contribution in [0.4, 0.5) is 0 Å². The third kappa shape index (κ3) is 2.05. The molecule has 14 heavy (non-hydrogen) atoms. The van der Waals surface area contributed by atoms with Crippen LogP contribution in [0.5, 0.6) is 5.75 Å². The van der Waals surface area contributed by atoms with Gasteiger partial charge in [0.2, 0.25) is 0 Å². The summed E-state index contributed by atoms with van der Waals surface area (Å²) in [7, 11) is 1.68. The van der Waals surface area contributed by atoms with Gasteiger partial charge in [0.1, 0.15) is 5.75 Å². The normalized spacial score (nSPS) is 12.6. The number of hydrogen-bond donors (Lipinski definition) is 2. The lowest BCUT2D eigenvalue weighted by molar-refractivity contribution is 0.408. The van der Waals surface area contributed by atoms with Gasteiger partial charge in [-0.05, 0) is 30.5 Å². The molecule has 0 aliphatic rings. The molecule has 3 nitrogen and oxygen atoms in total. The third-order valence-electron chi connectivity index (χ3n) is 2.37. The first-order chi connectivity index (χ1) is 6.60. The molecular formula is C11H18N2O. The largest absolute Gasteiger partial charge is 0.496 e. The van der Waals surface area contributed by atoms with Crippen molar-refractivity contribution in [3.63, 3.8) is 0 Å². The molecule has 3 heteroatoms. The van der Waals surface area contributed by atoms with E-state index < -0.39 is 0 Å². The van der Waals surface area contributed by atoms with Gasteiger partial charge in [-0.25, -0.2) is 0 Å². The highest BCUT2D eigenvalue weighted by atomic mass is 16.5. The van der Waals surface area contributed by atoms with Crippen LogP contribution in [0.1, 0.15) is 22.7 Å². The van der Waals surface area contributed by atoms with Gasteiger partial charge >= 0.3 is 0 Å². The summed E-state index contributed by atoms with van der Waals surface area (Å²) in [6.45, 7) is 4.49. The van der Waals surface area contributed by atoms with Crippen molar-refractivity contribution >= 4 is 0 Å². The number of aryl methyl sites for hydroxylation is 2. The Kier molecular flexibility index (Phi) is 3.49. The fourth-order valence-electron chi connectivity index (χ4n) is 1.66. The van der Waals surface area contributed by atoms with Crippen LogP contribution in [0, 0.1) is 13.8 Å². The van der Waals surface area contributed by atoms with Gasteiger partial charge in [-0.3, -0.25) is 0 Å². The van der Waals surface area contributed by atoms with Crippen molar-refractivity contribution in [3.8, 4) is 5.75 Å². The van der Waals surface area contributed by atoms with Crippen LogP contribution >= 0.6 is 0 Å². The Morgan fingerprint density at radius 1 is 1.29 bits per heavy atom. The summed E-state index contributed by atoms with van der Waals surface area (Å²) in [4.78, 5) is 0. The second-order valence-corrected chi connectivity index (χ2v) is 3.53. The van der Waals surface area contributed by atoms with Crippen LogP contribution in [-0.2, 0) is 0 Å². The molecule has 1 aromatic rings. The summed E-state index contributed by atoms with van der Waals surface area (Å²) < 4.78 is 5.27. The third-order valence-corrected chi connectivity index (χ3v) is 2.37. The Morgan fingerprint density at radius 3 is 2.14 bits per heavy atom. The number of nitrogens with two attached hydrogens (primary N) is 2. The van der Waals surface area contributed by atoms with Crippen molar-refractivity contribution < 1.29 is 4.74 Å². The van der Waals surface area contributed by atoms with Crippen molar-refractivity contribution in [2.75, 3.05) is 13.7 Å². The molecule has 0 heterocycles. The lowest BCUT2D eigenvalue weighted by atomic mass is 10.0. The maximum absolute atomic E-state index is 5.86. The fraction of sp³-hybridized carbons (Fsp3) is 0.455. The van der Waals surface area contributed by atoms with Crippen molar-refractivity contribution in [1.82, 2.24) is 0 Å². The van der Waals surface area contributed by atoms with Gasteiger partial charge in [0, 0.05) is 12.6 Å². The zero-order valence-corrected chi connectivity index (χ0v) is 9.00. The first-order valence-electron chi connectivity index (χ1n) is 4.71. The molecule has 1 aromatic carbocycles. The zero-order valence-electron chi connectivity index (χ0n) is 9.00. The standard InChI is InChI=1S/C11H18N2O/c1-7-4-9(10(13)6-12)5-8(2)11(7)14-3/h4-5,10H,6,12-13H2,1-3H3/t10-/m0/s1. The van der Waals surface area contributed by atoms with Gasteiger partial charge in [0.05, 0.1) is 7.11 Å². The molecule has 0 saturated heterocycles. The maximum atomic E-state index is 5.86. The molecule has 1 rings (SSSR count). The molecule has 1 atom stereocenters. The molecule has 0 radical (unpaired) electrons. The summed E-state index contributed by atoms with van der Waals surface area (Å²) in [6, 6.07) is 3.98. The monoisotopic (exact) mass is 194 g/mol.